The number of halogens is 1. The fraction of sp³-hybridized carbons (Fsp3) is 0.391. The molecule has 0 heterocycles. The first kappa shape index (κ1) is 21.6. The lowest BCUT2D eigenvalue weighted by Gasteiger charge is -2.31. The third-order valence-electron chi connectivity index (χ3n) is 4.53. The van der Waals surface area contributed by atoms with Crippen molar-refractivity contribution in [2.24, 2.45) is 5.92 Å². The molecule has 0 aliphatic heterocycles. The van der Waals surface area contributed by atoms with Crippen molar-refractivity contribution >= 4 is 11.8 Å². The van der Waals surface area contributed by atoms with E-state index in [9.17, 15) is 14.0 Å². The first-order valence-corrected chi connectivity index (χ1v) is 9.76. The molecule has 2 aromatic carbocycles. The Bertz CT molecular complexity index is 760. The van der Waals surface area contributed by atoms with E-state index in [0.29, 0.717) is 25.4 Å². The number of nitrogens with one attached hydrogen (secondary N) is 1. The van der Waals surface area contributed by atoms with E-state index in [1.807, 2.05) is 51.1 Å². The highest BCUT2D eigenvalue weighted by molar-refractivity contribution is 5.88. The van der Waals surface area contributed by atoms with Crippen LogP contribution >= 0.6 is 0 Å². The Morgan fingerprint density at radius 3 is 2.21 bits per heavy atom. The van der Waals surface area contributed by atoms with Crippen molar-refractivity contribution in [3.8, 4) is 0 Å². The van der Waals surface area contributed by atoms with Crippen LogP contribution in [-0.2, 0) is 22.6 Å². The standard InChI is InChI=1S/C23H29FN2O2/c1-4-21(23(28)25-15-17(2)3)26(16-19-8-6-5-7-9-19)22(27)14-18-10-12-20(24)13-11-18/h5-13,17,21H,4,14-16H2,1-3H3,(H,25,28)/t21-/m0/s1. The summed E-state index contributed by atoms with van der Waals surface area (Å²) in [4.78, 5) is 27.5. The lowest BCUT2D eigenvalue weighted by molar-refractivity contribution is -0.141. The molecule has 150 valence electrons. The van der Waals surface area contributed by atoms with Crippen molar-refractivity contribution in [2.75, 3.05) is 6.54 Å². The molecule has 0 spiro atoms. The topological polar surface area (TPSA) is 49.4 Å². The normalized spacial score (nSPS) is 11.9. The van der Waals surface area contributed by atoms with Gasteiger partial charge >= 0.3 is 0 Å². The van der Waals surface area contributed by atoms with Gasteiger partial charge in [0.1, 0.15) is 11.9 Å². The fourth-order valence-electron chi connectivity index (χ4n) is 3.00. The van der Waals surface area contributed by atoms with Crippen LogP contribution in [0.5, 0.6) is 0 Å². The minimum absolute atomic E-state index is 0.126. The molecule has 0 saturated heterocycles. The van der Waals surface area contributed by atoms with Gasteiger partial charge in [-0.15, -0.1) is 0 Å². The maximum absolute atomic E-state index is 13.2. The van der Waals surface area contributed by atoms with Gasteiger partial charge in [0.2, 0.25) is 11.8 Å². The molecule has 2 rings (SSSR count). The molecule has 0 unspecified atom stereocenters. The van der Waals surface area contributed by atoms with E-state index in [-0.39, 0.29) is 24.1 Å². The summed E-state index contributed by atoms with van der Waals surface area (Å²) in [5.41, 5.74) is 1.69. The number of carbonyl (C=O) groups excluding carboxylic acids is 2. The third-order valence-corrected chi connectivity index (χ3v) is 4.53. The van der Waals surface area contributed by atoms with Crippen LogP contribution in [0.25, 0.3) is 0 Å². The summed E-state index contributed by atoms with van der Waals surface area (Å²) in [5, 5.41) is 2.94. The Balaban J connectivity index is 2.22. The zero-order valence-electron chi connectivity index (χ0n) is 16.8. The zero-order valence-corrected chi connectivity index (χ0v) is 16.8. The Morgan fingerprint density at radius 2 is 1.64 bits per heavy atom. The van der Waals surface area contributed by atoms with Crippen LogP contribution in [0.2, 0.25) is 0 Å². The van der Waals surface area contributed by atoms with Gasteiger partial charge in [-0.3, -0.25) is 9.59 Å². The maximum atomic E-state index is 13.2. The zero-order chi connectivity index (χ0) is 20.5. The summed E-state index contributed by atoms with van der Waals surface area (Å²) in [6.45, 7) is 6.89. The van der Waals surface area contributed by atoms with E-state index in [2.05, 4.69) is 5.32 Å². The molecule has 1 N–H and O–H groups in total. The van der Waals surface area contributed by atoms with Crippen LogP contribution in [0, 0.1) is 11.7 Å². The van der Waals surface area contributed by atoms with Gasteiger partial charge in [0.05, 0.1) is 6.42 Å². The van der Waals surface area contributed by atoms with Gasteiger partial charge < -0.3 is 10.2 Å². The number of hydrogen-bond donors (Lipinski definition) is 1. The molecule has 0 fully saturated rings. The first-order chi connectivity index (χ1) is 13.4. The molecule has 5 heteroatoms. The van der Waals surface area contributed by atoms with Crippen molar-refractivity contribution in [2.45, 2.75) is 46.2 Å². The van der Waals surface area contributed by atoms with Crippen LogP contribution in [0.1, 0.15) is 38.3 Å². The average molecular weight is 384 g/mol. The quantitative estimate of drug-likeness (QED) is 0.712. The molecule has 0 bridgehead atoms. The van der Waals surface area contributed by atoms with E-state index in [0.717, 1.165) is 11.1 Å². The Labute approximate surface area is 166 Å². The highest BCUT2D eigenvalue weighted by Gasteiger charge is 2.28. The summed E-state index contributed by atoms with van der Waals surface area (Å²) in [6, 6.07) is 15.0. The number of rotatable bonds is 9. The number of hydrogen-bond acceptors (Lipinski definition) is 2. The molecule has 0 radical (unpaired) electrons. The smallest absolute Gasteiger partial charge is 0.242 e. The second-order valence-corrected chi connectivity index (χ2v) is 7.37. The molecule has 4 nitrogen and oxygen atoms in total. The lowest BCUT2D eigenvalue weighted by atomic mass is 10.1. The van der Waals surface area contributed by atoms with Crippen molar-refractivity contribution in [1.29, 1.82) is 0 Å². The summed E-state index contributed by atoms with van der Waals surface area (Å²) in [7, 11) is 0. The third kappa shape index (κ3) is 6.48. The fourth-order valence-corrected chi connectivity index (χ4v) is 3.00. The predicted octanol–water partition coefficient (Wildman–Crippen LogP) is 3.95. The van der Waals surface area contributed by atoms with Gasteiger partial charge in [-0.2, -0.15) is 0 Å². The largest absolute Gasteiger partial charge is 0.354 e. The lowest BCUT2D eigenvalue weighted by Crippen LogP contribution is -2.50. The van der Waals surface area contributed by atoms with E-state index < -0.39 is 6.04 Å². The predicted molar refractivity (Wildman–Crippen MR) is 109 cm³/mol. The molecule has 0 saturated carbocycles. The van der Waals surface area contributed by atoms with Crippen molar-refractivity contribution < 1.29 is 14.0 Å². The van der Waals surface area contributed by atoms with Crippen LogP contribution in [0.15, 0.2) is 54.6 Å². The monoisotopic (exact) mass is 384 g/mol. The van der Waals surface area contributed by atoms with E-state index in [1.54, 1.807) is 17.0 Å². The Kier molecular flexibility index (Phi) is 8.18. The van der Waals surface area contributed by atoms with Crippen molar-refractivity contribution in [3.63, 3.8) is 0 Å². The van der Waals surface area contributed by atoms with Crippen molar-refractivity contribution in [3.05, 3.63) is 71.5 Å². The number of carbonyl (C=O) groups is 2. The molecule has 2 aromatic rings. The molecular formula is C23H29FN2O2. The minimum atomic E-state index is -0.549. The summed E-state index contributed by atoms with van der Waals surface area (Å²) < 4.78 is 13.2. The highest BCUT2D eigenvalue weighted by atomic mass is 19.1. The van der Waals surface area contributed by atoms with Crippen LogP contribution in [0.4, 0.5) is 4.39 Å². The molecule has 0 aliphatic carbocycles. The molecule has 28 heavy (non-hydrogen) atoms. The van der Waals surface area contributed by atoms with Gasteiger partial charge in [0.25, 0.3) is 0 Å². The van der Waals surface area contributed by atoms with Gasteiger partial charge in [-0.05, 0) is 35.6 Å². The van der Waals surface area contributed by atoms with Crippen LogP contribution in [-0.4, -0.2) is 29.3 Å². The van der Waals surface area contributed by atoms with E-state index >= 15 is 0 Å². The van der Waals surface area contributed by atoms with Crippen molar-refractivity contribution in [1.82, 2.24) is 10.2 Å². The van der Waals surface area contributed by atoms with Gasteiger partial charge in [-0.1, -0.05) is 63.2 Å². The van der Waals surface area contributed by atoms with Gasteiger partial charge in [-0.25, -0.2) is 4.39 Å². The molecule has 2 amide bonds. The minimum Gasteiger partial charge on any atom is -0.354 e. The van der Waals surface area contributed by atoms with Crippen LogP contribution < -0.4 is 5.32 Å². The summed E-state index contributed by atoms with van der Waals surface area (Å²) in [6.07, 6.45) is 0.646. The molecule has 0 aromatic heterocycles. The maximum Gasteiger partial charge on any atom is 0.242 e. The summed E-state index contributed by atoms with van der Waals surface area (Å²) in [5.74, 6) is -0.294. The molecular weight excluding hydrogens is 355 g/mol. The molecule has 1 atom stereocenters. The van der Waals surface area contributed by atoms with Gasteiger partial charge in [0.15, 0.2) is 0 Å². The van der Waals surface area contributed by atoms with E-state index in [1.165, 1.54) is 12.1 Å². The number of amides is 2. The molecule has 0 aliphatic rings. The summed E-state index contributed by atoms with van der Waals surface area (Å²) >= 11 is 0. The number of nitrogens with zero attached hydrogens (tertiary/aromatic N) is 1. The average Bonchev–Trinajstić information content (AvgIpc) is 2.68. The van der Waals surface area contributed by atoms with E-state index in [4.69, 9.17) is 0 Å². The highest BCUT2D eigenvalue weighted by Crippen LogP contribution is 2.15. The Hall–Kier alpha value is -2.69. The second kappa shape index (κ2) is 10.6. The second-order valence-electron chi connectivity index (χ2n) is 7.37. The van der Waals surface area contributed by atoms with Gasteiger partial charge in [0, 0.05) is 13.1 Å². The number of benzene rings is 2. The first-order valence-electron chi connectivity index (χ1n) is 9.76. The SMILES string of the molecule is CC[C@@H](C(=O)NCC(C)C)N(Cc1ccccc1)C(=O)Cc1ccc(F)cc1. The Morgan fingerprint density at radius 1 is 1.00 bits per heavy atom. The van der Waals surface area contributed by atoms with Crippen LogP contribution in [0.3, 0.4) is 0 Å².